The van der Waals surface area contributed by atoms with E-state index in [2.05, 4.69) is 13.0 Å². The molecule has 1 heterocycles. The summed E-state index contributed by atoms with van der Waals surface area (Å²) in [5, 5.41) is 2.04. The molecule has 1 amide bonds. The largest absolute Gasteiger partial charge is 0.340 e. The Morgan fingerprint density at radius 3 is 2.59 bits per heavy atom. The molecule has 94 valence electrons. The van der Waals surface area contributed by atoms with Crippen molar-refractivity contribution in [2.75, 3.05) is 7.05 Å². The maximum Gasteiger partial charge on any atom is 0.231 e. The Bertz CT molecular complexity index is 457. The molecule has 0 spiro atoms. The Morgan fingerprint density at radius 2 is 2.18 bits per heavy atom. The van der Waals surface area contributed by atoms with E-state index in [1.807, 2.05) is 12.3 Å². The summed E-state index contributed by atoms with van der Waals surface area (Å²) in [6.45, 7) is 4.51. The fraction of sp³-hybridized carbons (Fsp3) is 0.583. The molecule has 1 atom stereocenters. The topological polar surface area (TPSA) is 20.3 Å². The number of halogens is 2. The standard InChI is InChI=1S/C12H15Cl2NOS/c1-8-4-5-17-9(8)6-15(3)10(16)11(2)7-12(11,13)14/h4-5H,6-7H2,1-3H3. The van der Waals surface area contributed by atoms with Gasteiger partial charge >= 0.3 is 0 Å². The molecule has 1 aliphatic carbocycles. The van der Waals surface area contributed by atoms with Crippen LogP contribution in [-0.2, 0) is 11.3 Å². The number of carbonyl (C=O) groups excluding carboxylic acids is 1. The molecule has 17 heavy (non-hydrogen) atoms. The number of thiophene rings is 1. The van der Waals surface area contributed by atoms with Gasteiger partial charge in [-0.1, -0.05) is 0 Å². The minimum absolute atomic E-state index is 0.0234. The van der Waals surface area contributed by atoms with Gasteiger partial charge in [-0.15, -0.1) is 34.5 Å². The third-order valence-electron chi connectivity index (χ3n) is 3.43. The van der Waals surface area contributed by atoms with Gasteiger partial charge in [0.25, 0.3) is 0 Å². The van der Waals surface area contributed by atoms with E-state index in [-0.39, 0.29) is 5.91 Å². The van der Waals surface area contributed by atoms with E-state index in [4.69, 9.17) is 23.2 Å². The SMILES string of the molecule is Cc1ccsc1CN(C)C(=O)C1(C)CC1(Cl)Cl. The lowest BCUT2D eigenvalue weighted by Crippen LogP contribution is -2.34. The lowest BCUT2D eigenvalue weighted by atomic mass is 10.1. The molecule has 1 unspecified atom stereocenters. The van der Waals surface area contributed by atoms with Crippen molar-refractivity contribution in [1.29, 1.82) is 0 Å². The van der Waals surface area contributed by atoms with Gasteiger partial charge in [-0.3, -0.25) is 4.79 Å². The lowest BCUT2D eigenvalue weighted by Gasteiger charge is -2.22. The fourth-order valence-electron chi connectivity index (χ4n) is 1.91. The number of nitrogens with zero attached hydrogens (tertiary/aromatic N) is 1. The van der Waals surface area contributed by atoms with Crippen molar-refractivity contribution in [2.45, 2.75) is 31.1 Å². The molecular formula is C12H15Cl2NOS. The van der Waals surface area contributed by atoms with Gasteiger partial charge in [-0.2, -0.15) is 0 Å². The predicted octanol–water partition coefficient (Wildman–Crippen LogP) is 3.60. The number of aryl methyl sites for hydroxylation is 1. The highest BCUT2D eigenvalue weighted by Gasteiger charge is 2.68. The van der Waals surface area contributed by atoms with Crippen molar-refractivity contribution >= 4 is 40.4 Å². The van der Waals surface area contributed by atoms with Crippen LogP contribution in [0.25, 0.3) is 0 Å². The van der Waals surface area contributed by atoms with Crippen molar-refractivity contribution in [2.24, 2.45) is 5.41 Å². The van der Waals surface area contributed by atoms with Crippen molar-refractivity contribution in [3.63, 3.8) is 0 Å². The molecule has 5 heteroatoms. The van der Waals surface area contributed by atoms with Crippen LogP contribution in [0, 0.1) is 12.3 Å². The van der Waals surface area contributed by atoms with Gasteiger partial charge in [0.15, 0.2) is 0 Å². The summed E-state index contributed by atoms with van der Waals surface area (Å²) < 4.78 is -0.886. The quantitative estimate of drug-likeness (QED) is 0.779. The van der Waals surface area contributed by atoms with Crippen molar-refractivity contribution in [1.82, 2.24) is 4.90 Å². The van der Waals surface area contributed by atoms with E-state index in [1.165, 1.54) is 10.4 Å². The van der Waals surface area contributed by atoms with Crippen LogP contribution in [0.5, 0.6) is 0 Å². The second kappa shape index (κ2) is 4.15. The van der Waals surface area contributed by atoms with Gasteiger partial charge in [0, 0.05) is 11.9 Å². The maximum atomic E-state index is 12.2. The summed E-state index contributed by atoms with van der Waals surface area (Å²) in [4.78, 5) is 15.2. The van der Waals surface area contributed by atoms with Gasteiger partial charge in [0.05, 0.1) is 12.0 Å². The van der Waals surface area contributed by atoms with Gasteiger partial charge in [-0.25, -0.2) is 0 Å². The molecule has 1 aliphatic rings. The first-order valence-corrected chi connectivity index (χ1v) is 7.08. The van der Waals surface area contributed by atoms with Crippen LogP contribution < -0.4 is 0 Å². The van der Waals surface area contributed by atoms with Crippen LogP contribution in [0.1, 0.15) is 23.8 Å². The van der Waals surface area contributed by atoms with Crippen LogP contribution in [0.2, 0.25) is 0 Å². The van der Waals surface area contributed by atoms with Crippen molar-refractivity contribution in [3.8, 4) is 0 Å². The van der Waals surface area contributed by atoms with E-state index in [0.717, 1.165) is 0 Å². The highest BCUT2D eigenvalue weighted by Crippen LogP contribution is 2.64. The van der Waals surface area contributed by atoms with E-state index in [1.54, 1.807) is 23.3 Å². The second-order valence-corrected chi connectivity index (χ2v) is 7.39. The molecule has 1 aromatic heterocycles. The number of hydrogen-bond acceptors (Lipinski definition) is 2. The molecule has 0 bridgehead atoms. The van der Waals surface area contributed by atoms with Gasteiger partial charge in [0.1, 0.15) is 4.33 Å². The summed E-state index contributed by atoms with van der Waals surface area (Å²) in [6.07, 6.45) is 0.537. The predicted molar refractivity (Wildman–Crippen MR) is 72.7 cm³/mol. The first kappa shape index (κ1) is 13.2. The Balaban J connectivity index is 2.05. The second-order valence-electron chi connectivity index (χ2n) is 4.90. The van der Waals surface area contributed by atoms with Crippen LogP contribution >= 0.6 is 34.5 Å². The lowest BCUT2D eigenvalue weighted by molar-refractivity contribution is -0.135. The van der Waals surface area contributed by atoms with Gasteiger partial charge in [0.2, 0.25) is 5.91 Å². The first-order chi connectivity index (χ1) is 7.78. The zero-order valence-corrected chi connectivity index (χ0v) is 12.4. The highest BCUT2D eigenvalue weighted by molar-refractivity contribution is 7.10. The average molecular weight is 292 g/mol. The molecule has 1 aromatic rings. The van der Waals surface area contributed by atoms with Crippen LogP contribution in [0.3, 0.4) is 0 Å². The number of carbonyl (C=O) groups is 1. The van der Waals surface area contributed by atoms with Crippen LogP contribution in [0.4, 0.5) is 0 Å². The van der Waals surface area contributed by atoms with Crippen LogP contribution in [-0.4, -0.2) is 22.2 Å². The van der Waals surface area contributed by atoms with E-state index in [0.29, 0.717) is 13.0 Å². The first-order valence-electron chi connectivity index (χ1n) is 5.44. The molecule has 0 aromatic carbocycles. The zero-order valence-electron chi connectivity index (χ0n) is 10.1. The molecule has 2 rings (SSSR count). The summed E-state index contributed by atoms with van der Waals surface area (Å²) in [7, 11) is 1.80. The minimum atomic E-state index is -0.886. The molecule has 0 radical (unpaired) electrons. The molecule has 0 saturated heterocycles. The summed E-state index contributed by atoms with van der Waals surface area (Å²) in [5.41, 5.74) is 0.606. The smallest absolute Gasteiger partial charge is 0.231 e. The van der Waals surface area contributed by atoms with Crippen molar-refractivity contribution in [3.05, 3.63) is 21.9 Å². The van der Waals surface area contributed by atoms with E-state index < -0.39 is 9.75 Å². The normalized spacial score (nSPS) is 25.7. The van der Waals surface area contributed by atoms with E-state index >= 15 is 0 Å². The van der Waals surface area contributed by atoms with E-state index in [9.17, 15) is 4.79 Å². The molecular weight excluding hydrogens is 277 g/mol. The molecule has 0 N–H and O–H groups in total. The number of rotatable bonds is 3. The number of amides is 1. The number of hydrogen-bond donors (Lipinski definition) is 0. The summed E-state index contributed by atoms with van der Waals surface area (Å²) >= 11 is 13.7. The third-order valence-corrected chi connectivity index (χ3v) is 5.53. The van der Waals surface area contributed by atoms with Crippen molar-refractivity contribution < 1.29 is 4.79 Å². The van der Waals surface area contributed by atoms with Gasteiger partial charge in [-0.05, 0) is 37.3 Å². The fourth-order valence-corrected chi connectivity index (χ4v) is 3.56. The van der Waals surface area contributed by atoms with Gasteiger partial charge < -0.3 is 4.90 Å². The Morgan fingerprint density at radius 1 is 1.59 bits per heavy atom. The molecule has 0 aliphatic heterocycles. The zero-order chi connectivity index (χ0) is 12.8. The summed E-state index contributed by atoms with van der Waals surface area (Å²) in [5.74, 6) is 0.0234. The Kier molecular flexibility index (Phi) is 3.22. The highest BCUT2D eigenvalue weighted by atomic mass is 35.5. The maximum absolute atomic E-state index is 12.2. The Hall–Kier alpha value is -0.250. The molecule has 1 fully saturated rings. The third kappa shape index (κ3) is 2.20. The minimum Gasteiger partial charge on any atom is -0.340 e. The molecule has 2 nitrogen and oxygen atoms in total. The average Bonchev–Trinajstić information content (AvgIpc) is 2.57. The van der Waals surface area contributed by atoms with Crippen LogP contribution in [0.15, 0.2) is 11.4 Å². The monoisotopic (exact) mass is 291 g/mol. The molecule has 1 saturated carbocycles. The Labute approximate surface area is 116 Å². The number of alkyl halides is 2. The summed E-state index contributed by atoms with van der Waals surface area (Å²) in [6, 6.07) is 2.06.